The van der Waals surface area contributed by atoms with Gasteiger partial charge in [0.2, 0.25) is 0 Å². The summed E-state index contributed by atoms with van der Waals surface area (Å²) in [4.78, 5) is 13.8. The fourth-order valence-electron chi connectivity index (χ4n) is 2.15. The number of ether oxygens (including phenoxy) is 2. The zero-order valence-electron chi connectivity index (χ0n) is 12.4. The van der Waals surface area contributed by atoms with Crippen LogP contribution >= 0.6 is 0 Å². The second-order valence-corrected chi connectivity index (χ2v) is 6.04. The number of nitrogens with zero attached hydrogens (tertiary/aromatic N) is 1. The predicted octanol–water partition coefficient (Wildman–Crippen LogP) is 3.20. The molecule has 0 bridgehead atoms. The van der Waals surface area contributed by atoms with Crippen LogP contribution in [0, 0.1) is 0 Å². The van der Waals surface area contributed by atoms with Crippen molar-refractivity contribution in [3.8, 4) is 0 Å². The maximum atomic E-state index is 12.0. The van der Waals surface area contributed by atoms with Gasteiger partial charge in [-0.2, -0.15) is 0 Å². The molecule has 0 saturated carbocycles. The van der Waals surface area contributed by atoms with Gasteiger partial charge in [-0.25, -0.2) is 4.79 Å². The largest absolute Gasteiger partial charge is 0.444 e. The molecule has 0 radical (unpaired) electrons. The topological polar surface area (TPSA) is 38.8 Å². The lowest BCUT2D eigenvalue weighted by atomic mass is 10.00. The van der Waals surface area contributed by atoms with E-state index in [1.807, 2.05) is 20.8 Å². The Morgan fingerprint density at radius 2 is 2.00 bits per heavy atom. The average molecular weight is 257 g/mol. The van der Waals surface area contributed by atoms with Crippen LogP contribution in [-0.2, 0) is 9.47 Å². The molecule has 1 atom stereocenters. The van der Waals surface area contributed by atoms with E-state index in [9.17, 15) is 4.79 Å². The molecule has 1 saturated heterocycles. The first-order valence-electron chi connectivity index (χ1n) is 6.94. The van der Waals surface area contributed by atoms with E-state index in [-0.39, 0.29) is 11.7 Å². The van der Waals surface area contributed by atoms with Gasteiger partial charge in [0.25, 0.3) is 0 Å². The van der Waals surface area contributed by atoms with E-state index in [1.54, 1.807) is 4.90 Å². The number of amides is 1. The molecule has 1 aliphatic heterocycles. The van der Waals surface area contributed by atoms with E-state index >= 15 is 0 Å². The molecule has 1 rings (SSSR count). The average Bonchev–Trinajstić information content (AvgIpc) is 2.69. The maximum absolute atomic E-state index is 12.0. The molecule has 1 fully saturated rings. The molecule has 4 nitrogen and oxygen atoms in total. The van der Waals surface area contributed by atoms with E-state index in [1.165, 1.54) is 0 Å². The fourth-order valence-corrected chi connectivity index (χ4v) is 2.15. The normalized spacial score (nSPS) is 24.4. The molecule has 18 heavy (non-hydrogen) atoms. The number of hydrogen-bond donors (Lipinski definition) is 0. The first-order chi connectivity index (χ1) is 8.32. The molecule has 0 N–H and O–H groups in total. The van der Waals surface area contributed by atoms with Gasteiger partial charge in [-0.05, 0) is 40.0 Å². The van der Waals surface area contributed by atoms with Crippen LogP contribution in [0.3, 0.4) is 0 Å². The minimum atomic E-state index is -0.432. The number of hydrogen-bond acceptors (Lipinski definition) is 3. The minimum absolute atomic E-state index is 0.160. The van der Waals surface area contributed by atoms with Crippen molar-refractivity contribution in [3.05, 3.63) is 0 Å². The second kappa shape index (κ2) is 5.91. The lowest BCUT2D eigenvalue weighted by Crippen LogP contribution is -2.40. The molecule has 1 aliphatic rings. The highest BCUT2D eigenvalue weighted by Crippen LogP contribution is 2.30. The van der Waals surface area contributed by atoms with Crippen molar-refractivity contribution in [2.75, 3.05) is 19.7 Å². The number of carbonyl (C=O) groups is 1. The summed E-state index contributed by atoms with van der Waals surface area (Å²) in [5.41, 5.74) is -0.592. The van der Waals surface area contributed by atoms with Gasteiger partial charge in [-0.15, -0.1) is 0 Å². The Morgan fingerprint density at radius 3 is 2.50 bits per heavy atom. The maximum Gasteiger partial charge on any atom is 0.410 e. The Bertz CT molecular complexity index is 285. The molecule has 0 spiro atoms. The summed E-state index contributed by atoms with van der Waals surface area (Å²) >= 11 is 0. The van der Waals surface area contributed by atoms with Crippen LogP contribution in [0.1, 0.15) is 53.9 Å². The molecule has 0 aromatic rings. The molecule has 0 aromatic carbocycles. The molecule has 106 valence electrons. The summed E-state index contributed by atoms with van der Waals surface area (Å²) in [6.45, 7) is 12.0. The first-order valence-corrected chi connectivity index (χ1v) is 6.94. The summed E-state index contributed by atoms with van der Waals surface area (Å²) in [5.74, 6) is 0. The summed E-state index contributed by atoms with van der Waals surface area (Å²) in [5, 5.41) is 0. The van der Waals surface area contributed by atoms with Crippen LogP contribution in [0.5, 0.6) is 0 Å². The van der Waals surface area contributed by atoms with Crippen LogP contribution in [0.4, 0.5) is 4.79 Å². The van der Waals surface area contributed by atoms with Gasteiger partial charge in [-0.1, -0.05) is 13.8 Å². The zero-order valence-corrected chi connectivity index (χ0v) is 12.4. The molecule has 1 heterocycles. The van der Waals surface area contributed by atoms with Crippen LogP contribution in [0.25, 0.3) is 0 Å². The Morgan fingerprint density at radius 1 is 1.33 bits per heavy atom. The lowest BCUT2D eigenvalue weighted by molar-refractivity contribution is -0.0421. The van der Waals surface area contributed by atoms with Crippen molar-refractivity contribution >= 4 is 6.09 Å². The summed E-state index contributed by atoms with van der Waals surface area (Å²) in [7, 11) is 0. The fraction of sp³-hybridized carbons (Fsp3) is 0.929. The van der Waals surface area contributed by atoms with Crippen LogP contribution in [-0.4, -0.2) is 41.9 Å². The van der Waals surface area contributed by atoms with Crippen LogP contribution in [0.2, 0.25) is 0 Å². The highest BCUT2D eigenvalue weighted by atomic mass is 16.6. The van der Waals surface area contributed by atoms with Gasteiger partial charge < -0.3 is 14.4 Å². The van der Waals surface area contributed by atoms with E-state index in [0.29, 0.717) is 6.54 Å². The summed E-state index contributed by atoms with van der Waals surface area (Å²) < 4.78 is 11.3. The van der Waals surface area contributed by atoms with E-state index in [4.69, 9.17) is 9.47 Å². The Hall–Kier alpha value is -0.770. The van der Waals surface area contributed by atoms with Gasteiger partial charge in [0.05, 0.1) is 12.1 Å². The van der Waals surface area contributed by atoms with Crippen LogP contribution in [0.15, 0.2) is 0 Å². The highest BCUT2D eigenvalue weighted by molar-refractivity contribution is 5.68. The molecule has 4 heteroatoms. The molecule has 1 unspecified atom stereocenters. The van der Waals surface area contributed by atoms with E-state index in [2.05, 4.69) is 13.8 Å². The zero-order chi connectivity index (χ0) is 13.8. The van der Waals surface area contributed by atoms with Gasteiger partial charge in [0.1, 0.15) is 5.60 Å². The van der Waals surface area contributed by atoms with Gasteiger partial charge in [-0.3, -0.25) is 0 Å². The Balaban J connectivity index is 2.55. The van der Waals surface area contributed by atoms with Crippen molar-refractivity contribution < 1.29 is 14.3 Å². The van der Waals surface area contributed by atoms with Crippen molar-refractivity contribution in [2.45, 2.75) is 65.1 Å². The molecule has 0 aliphatic carbocycles. The first kappa shape index (κ1) is 15.3. The van der Waals surface area contributed by atoms with E-state index in [0.717, 1.165) is 32.4 Å². The monoisotopic (exact) mass is 257 g/mol. The van der Waals surface area contributed by atoms with Gasteiger partial charge >= 0.3 is 6.09 Å². The van der Waals surface area contributed by atoms with E-state index < -0.39 is 5.60 Å². The van der Waals surface area contributed by atoms with Gasteiger partial charge in [0, 0.05) is 13.2 Å². The quantitative estimate of drug-likeness (QED) is 0.776. The number of likely N-dealkylation sites (tertiary alicyclic amines) is 1. The van der Waals surface area contributed by atoms with Crippen LogP contribution < -0.4 is 0 Å². The molecule has 0 aromatic heterocycles. The van der Waals surface area contributed by atoms with Crippen molar-refractivity contribution in [3.63, 3.8) is 0 Å². The number of rotatable bonds is 4. The summed E-state index contributed by atoms with van der Waals surface area (Å²) in [6.07, 6.45) is 2.63. The molecule has 1 amide bonds. The predicted molar refractivity (Wildman–Crippen MR) is 71.7 cm³/mol. The van der Waals surface area contributed by atoms with Crippen molar-refractivity contribution in [1.82, 2.24) is 4.90 Å². The third-order valence-corrected chi connectivity index (χ3v) is 3.22. The SMILES string of the molecule is CCCOC1(CC)CCN(C(=O)OC(C)(C)C)C1. The van der Waals surface area contributed by atoms with Gasteiger partial charge in [0.15, 0.2) is 0 Å². The Labute approximate surface area is 111 Å². The number of carbonyl (C=O) groups excluding carboxylic acids is 1. The Kier molecular flexibility index (Phi) is 5.02. The summed E-state index contributed by atoms with van der Waals surface area (Å²) in [6, 6.07) is 0. The minimum Gasteiger partial charge on any atom is -0.444 e. The standard InChI is InChI=1S/C14H27NO3/c1-6-10-17-14(7-2)8-9-15(11-14)12(16)18-13(3,4)5/h6-11H2,1-5H3. The highest BCUT2D eigenvalue weighted by Gasteiger charge is 2.40. The second-order valence-electron chi connectivity index (χ2n) is 6.04. The lowest BCUT2D eigenvalue weighted by Gasteiger charge is -2.29. The molecular weight excluding hydrogens is 230 g/mol. The third-order valence-electron chi connectivity index (χ3n) is 3.22. The third kappa shape index (κ3) is 4.16. The van der Waals surface area contributed by atoms with Crippen molar-refractivity contribution in [1.29, 1.82) is 0 Å². The van der Waals surface area contributed by atoms with Crippen molar-refractivity contribution in [2.24, 2.45) is 0 Å². The molecular formula is C14H27NO3. The smallest absolute Gasteiger partial charge is 0.410 e.